The van der Waals surface area contributed by atoms with Gasteiger partial charge in [-0.1, -0.05) is 26.2 Å². The molecule has 1 aliphatic rings. The van der Waals surface area contributed by atoms with Crippen LogP contribution < -0.4 is 5.32 Å². The molecule has 0 radical (unpaired) electrons. The van der Waals surface area contributed by atoms with Crippen molar-refractivity contribution < 1.29 is 14.3 Å². The van der Waals surface area contributed by atoms with Crippen LogP contribution in [0.1, 0.15) is 66.2 Å². The lowest BCUT2D eigenvalue weighted by Crippen LogP contribution is -2.56. The monoisotopic (exact) mass is 255 g/mol. The lowest BCUT2D eigenvalue weighted by atomic mass is 9.78. The van der Waals surface area contributed by atoms with Crippen molar-refractivity contribution in [1.82, 2.24) is 5.32 Å². The van der Waals surface area contributed by atoms with Gasteiger partial charge in [-0.25, -0.2) is 4.79 Å². The molecule has 0 saturated heterocycles. The second-order valence-corrected chi connectivity index (χ2v) is 6.05. The van der Waals surface area contributed by atoms with Crippen LogP contribution >= 0.6 is 0 Å². The number of amides is 1. The quantitative estimate of drug-likeness (QED) is 0.842. The van der Waals surface area contributed by atoms with Crippen molar-refractivity contribution in [1.29, 1.82) is 0 Å². The first-order valence-corrected chi connectivity index (χ1v) is 6.83. The molecule has 1 amide bonds. The van der Waals surface area contributed by atoms with E-state index in [2.05, 4.69) is 5.32 Å². The van der Waals surface area contributed by atoms with Gasteiger partial charge in [0.2, 0.25) is 0 Å². The van der Waals surface area contributed by atoms with Gasteiger partial charge in [-0.15, -0.1) is 0 Å². The summed E-state index contributed by atoms with van der Waals surface area (Å²) in [6.45, 7) is 7.31. The Kier molecular flexibility index (Phi) is 4.77. The Morgan fingerprint density at radius 3 is 2.17 bits per heavy atom. The third-order valence-electron chi connectivity index (χ3n) is 3.30. The molecule has 1 N–H and O–H groups in total. The van der Waals surface area contributed by atoms with Crippen LogP contribution in [-0.4, -0.2) is 23.0 Å². The lowest BCUT2D eigenvalue weighted by molar-refractivity contribution is -0.126. The molecule has 0 aromatic heterocycles. The second kappa shape index (κ2) is 5.72. The van der Waals surface area contributed by atoms with Crippen LogP contribution in [0.4, 0.5) is 4.79 Å². The Labute approximate surface area is 109 Å². The molecule has 0 bridgehead atoms. The molecule has 1 aliphatic carbocycles. The van der Waals surface area contributed by atoms with Gasteiger partial charge in [-0.2, -0.15) is 0 Å². The van der Waals surface area contributed by atoms with Crippen molar-refractivity contribution in [2.75, 3.05) is 0 Å². The Morgan fingerprint density at radius 1 is 1.17 bits per heavy atom. The molecular formula is C14H25NO3. The number of carbonyl (C=O) groups excluding carboxylic acids is 2. The molecule has 1 fully saturated rings. The fourth-order valence-electron chi connectivity index (χ4n) is 2.47. The molecule has 4 heteroatoms. The van der Waals surface area contributed by atoms with Crippen molar-refractivity contribution in [3.63, 3.8) is 0 Å². The van der Waals surface area contributed by atoms with Crippen LogP contribution in [0.15, 0.2) is 0 Å². The van der Waals surface area contributed by atoms with E-state index in [1.54, 1.807) is 0 Å². The van der Waals surface area contributed by atoms with E-state index < -0.39 is 17.2 Å². The molecule has 4 nitrogen and oxygen atoms in total. The van der Waals surface area contributed by atoms with E-state index >= 15 is 0 Å². The van der Waals surface area contributed by atoms with Crippen molar-refractivity contribution in [3.05, 3.63) is 0 Å². The largest absolute Gasteiger partial charge is 0.444 e. The highest BCUT2D eigenvalue weighted by molar-refractivity contribution is 5.91. The van der Waals surface area contributed by atoms with Crippen molar-refractivity contribution >= 4 is 11.9 Å². The predicted octanol–water partition coefficient (Wildman–Crippen LogP) is 3.19. The van der Waals surface area contributed by atoms with Crippen LogP contribution in [0, 0.1) is 0 Å². The van der Waals surface area contributed by atoms with Crippen molar-refractivity contribution in [2.45, 2.75) is 77.4 Å². The number of alkyl carbamates (subject to hydrolysis) is 1. The lowest BCUT2D eigenvalue weighted by Gasteiger charge is -2.37. The van der Waals surface area contributed by atoms with Gasteiger partial charge in [0, 0.05) is 6.42 Å². The van der Waals surface area contributed by atoms with Gasteiger partial charge < -0.3 is 10.1 Å². The fourth-order valence-corrected chi connectivity index (χ4v) is 2.47. The van der Waals surface area contributed by atoms with E-state index in [0.717, 1.165) is 32.1 Å². The summed E-state index contributed by atoms with van der Waals surface area (Å²) in [5, 5.41) is 2.83. The minimum atomic E-state index is -0.685. The highest BCUT2D eigenvalue weighted by Crippen LogP contribution is 2.30. The van der Waals surface area contributed by atoms with E-state index in [-0.39, 0.29) is 5.78 Å². The predicted molar refractivity (Wildman–Crippen MR) is 70.5 cm³/mol. The molecule has 0 aromatic rings. The zero-order chi connectivity index (χ0) is 13.8. The summed E-state index contributed by atoms with van der Waals surface area (Å²) < 4.78 is 5.26. The van der Waals surface area contributed by atoms with E-state index in [0.29, 0.717) is 6.42 Å². The molecule has 0 unspecified atom stereocenters. The Bertz CT molecular complexity index is 311. The fraction of sp³-hybridized carbons (Fsp3) is 0.857. The first kappa shape index (κ1) is 15.0. The summed E-state index contributed by atoms with van der Waals surface area (Å²) >= 11 is 0. The smallest absolute Gasteiger partial charge is 0.408 e. The first-order valence-electron chi connectivity index (χ1n) is 6.83. The van der Waals surface area contributed by atoms with Crippen LogP contribution in [0.5, 0.6) is 0 Å². The number of Topliss-reactive ketones (excluding diaryl/α,β-unsaturated/α-hetero) is 1. The first-order chi connectivity index (χ1) is 8.29. The van der Waals surface area contributed by atoms with E-state index in [9.17, 15) is 9.59 Å². The van der Waals surface area contributed by atoms with Gasteiger partial charge >= 0.3 is 6.09 Å². The zero-order valence-electron chi connectivity index (χ0n) is 12.0. The number of hydrogen-bond acceptors (Lipinski definition) is 3. The molecular weight excluding hydrogens is 230 g/mol. The van der Waals surface area contributed by atoms with Crippen molar-refractivity contribution in [2.24, 2.45) is 0 Å². The molecule has 1 saturated carbocycles. The molecule has 0 aliphatic heterocycles. The van der Waals surface area contributed by atoms with Gasteiger partial charge in [0.05, 0.1) is 0 Å². The molecule has 0 heterocycles. The summed E-state index contributed by atoms with van der Waals surface area (Å²) in [6, 6.07) is 0. The summed E-state index contributed by atoms with van der Waals surface area (Å²) in [5.41, 5.74) is -1.22. The van der Waals surface area contributed by atoms with E-state index in [4.69, 9.17) is 4.74 Å². The normalized spacial score (nSPS) is 19.1. The van der Waals surface area contributed by atoms with Gasteiger partial charge in [0.15, 0.2) is 5.78 Å². The standard InChI is InChI=1S/C14H25NO3/c1-5-11(16)14(9-7-6-8-10-14)15-12(17)18-13(2,3)4/h5-10H2,1-4H3,(H,15,17). The van der Waals surface area contributed by atoms with Crippen LogP contribution in [-0.2, 0) is 9.53 Å². The number of rotatable bonds is 3. The van der Waals surface area contributed by atoms with Crippen LogP contribution in [0.3, 0.4) is 0 Å². The minimum Gasteiger partial charge on any atom is -0.444 e. The molecule has 104 valence electrons. The highest BCUT2D eigenvalue weighted by atomic mass is 16.6. The number of hydrogen-bond donors (Lipinski definition) is 1. The Hall–Kier alpha value is -1.06. The maximum Gasteiger partial charge on any atom is 0.408 e. The zero-order valence-corrected chi connectivity index (χ0v) is 12.0. The summed E-state index contributed by atoms with van der Waals surface area (Å²) in [5.74, 6) is 0.119. The molecule has 0 atom stereocenters. The molecule has 0 spiro atoms. The van der Waals surface area contributed by atoms with Crippen molar-refractivity contribution in [3.8, 4) is 0 Å². The maximum absolute atomic E-state index is 12.1. The molecule has 0 aromatic carbocycles. The number of ketones is 1. The van der Waals surface area contributed by atoms with Gasteiger partial charge in [-0.3, -0.25) is 4.79 Å². The highest BCUT2D eigenvalue weighted by Gasteiger charge is 2.40. The summed E-state index contributed by atoms with van der Waals surface area (Å²) in [7, 11) is 0. The van der Waals surface area contributed by atoms with E-state index in [1.165, 1.54) is 0 Å². The van der Waals surface area contributed by atoms with E-state index in [1.807, 2.05) is 27.7 Å². The van der Waals surface area contributed by atoms with Crippen LogP contribution in [0.2, 0.25) is 0 Å². The Morgan fingerprint density at radius 2 is 1.72 bits per heavy atom. The number of nitrogens with one attached hydrogen (secondary N) is 1. The topological polar surface area (TPSA) is 55.4 Å². The second-order valence-electron chi connectivity index (χ2n) is 6.05. The average Bonchev–Trinajstić information content (AvgIpc) is 2.26. The maximum atomic E-state index is 12.1. The van der Waals surface area contributed by atoms with Gasteiger partial charge in [-0.05, 0) is 33.6 Å². The SMILES string of the molecule is CCC(=O)C1(NC(=O)OC(C)(C)C)CCCCC1. The molecule has 18 heavy (non-hydrogen) atoms. The third kappa shape index (κ3) is 4.00. The number of ether oxygens (including phenoxy) is 1. The summed E-state index contributed by atoms with van der Waals surface area (Å²) in [6.07, 6.45) is 4.55. The summed E-state index contributed by atoms with van der Waals surface area (Å²) in [4.78, 5) is 24.0. The number of carbonyl (C=O) groups is 2. The molecule has 1 rings (SSSR count). The van der Waals surface area contributed by atoms with Crippen LogP contribution in [0.25, 0.3) is 0 Å². The van der Waals surface area contributed by atoms with Gasteiger partial charge in [0.25, 0.3) is 0 Å². The minimum absolute atomic E-state index is 0.119. The average molecular weight is 255 g/mol. The Balaban J connectivity index is 2.73. The van der Waals surface area contributed by atoms with Gasteiger partial charge in [0.1, 0.15) is 11.1 Å². The third-order valence-corrected chi connectivity index (χ3v) is 3.30.